The Bertz CT molecular complexity index is 3250. The largest absolute Gasteiger partial charge is 0.497 e. The van der Waals surface area contributed by atoms with Gasteiger partial charge in [0.25, 0.3) is 0 Å². The fourth-order valence-corrected chi connectivity index (χ4v) is 20.8. The van der Waals surface area contributed by atoms with Gasteiger partial charge in [-0.25, -0.2) is 0 Å². The number of ether oxygens (including phenoxy) is 16. The van der Waals surface area contributed by atoms with E-state index in [1.54, 1.807) is 21.3 Å². The summed E-state index contributed by atoms with van der Waals surface area (Å²) in [4.78, 5) is 0. The highest BCUT2D eigenvalue weighted by molar-refractivity contribution is 8.18. The first-order valence-electron chi connectivity index (χ1n) is 39.3. The lowest BCUT2D eigenvalue weighted by Crippen LogP contribution is -2.65. The molecule has 0 spiro atoms. The molecule has 0 saturated carbocycles. The van der Waals surface area contributed by atoms with E-state index in [0.717, 1.165) is 104 Å². The van der Waals surface area contributed by atoms with E-state index < -0.39 is 17.0 Å². The summed E-state index contributed by atoms with van der Waals surface area (Å²) in [5.41, 5.74) is 3.27. The molecule has 104 heavy (non-hydrogen) atoms. The summed E-state index contributed by atoms with van der Waals surface area (Å²) < 4.78 is 110. The second kappa shape index (κ2) is 37.7. The first kappa shape index (κ1) is 79.6. The Balaban J connectivity index is 0.758. The quantitative estimate of drug-likeness (QED) is 0.0288. The van der Waals surface area contributed by atoms with Crippen LogP contribution in [0.4, 0.5) is 0 Å². The van der Waals surface area contributed by atoms with Crippen molar-refractivity contribution in [1.29, 1.82) is 0 Å². The molecule has 8 heterocycles. The number of benzene rings is 4. The van der Waals surface area contributed by atoms with Crippen LogP contribution in [0.1, 0.15) is 180 Å². The number of methoxy groups -OCH3 is 3. The zero-order chi connectivity index (χ0) is 72.7. The summed E-state index contributed by atoms with van der Waals surface area (Å²) in [6.45, 7) is 21.0. The molecule has 4 aromatic carbocycles. The van der Waals surface area contributed by atoms with Crippen molar-refractivity contribution in [1.82, 2.24) is 0 Å². The zero-order valence-electron chi connectivity index (χ0n) is 64.0. The predicted molar refractivity (Wildman–Crippen MR) is 409 cm³/mol. The highest BCUT2D eigenvalue weighted by Crippen LogP contribution is 2.53. The molecule has 12 rings (SSSR count). The van der Waals surface area contributed by atoms with E-state index in [0.29, 0.717) is 78.2 Å². The van der Waals surface area contributed by atoms with Crippen LogP contribution in [0.15, 0.2) is 133 Å². The highest BCUT2D eigenvalue weighted by Gasteiger charge is 2.58. The molecule has 0 unspecified atom stereocenters. The minimum Gasteiger partial charge on any atom is -0.497 e. The van der Waals surface area contributed by atoms with Gasteiger partial charge in [0.15, 0.2) is 5.79 Å². The second-order valence-electron chi connectivity index (χ2n) is 31.4. The van der Waals surface area contributed by atoms with Gasteiger partial charge in [-0.1, -0.05) is 137 Å². The minimum absolute atomic E-state index is 0.0231. The van der Waals surface area contributed by atoms with Crippen LogP contribution < -0.4 is 9.47 Å². The van der Waals surface area contributed by atoms with Crippen molar-refractivity contribution >= 4 is 23.5 Å². The normalized spacial score (nSPS) is 35.5. The van der Waals surface area contributed by atoms with Crippen LogP contribution in [-0.4, -0.2) is 171 Å². The first-order chi connectivity index (χ1) is 50.5. The molecule has 0 bridgehead atoms. The molecule has 0 aliphatic carbocycles. The second-order valence-corrected chi connectivity index (χ2v) is 34.9. The van der Waals surface area contributed by atoms with Gasteiger partial charge < -0.3 is 75.8 Å². The molecule has 16 nitrogen and oxygen atoms in total. The third-order valence-electron chi connectivity index (χ3n) is 23.1. The smallest absolute Gasteiger partial charge is 0.162 e. The standard InChI is InChI=1S/C86H122O16S2/c1-12-103-86(104-13-2)44-23-34-78-85(8,53-77-72(97-78)50-76-82(99-77)75(93-56-61-27-18-15-19-28-61)49-66(94-76)29-24-45-90-54-60-25-16-14-17-26-60)102-79(86)33-22-32-67-69(100-83(5,6)89-11)30-20-21-31-70-81(98-67)59(4)48-74-73(95-70)51-80-84(7,101-74)52-58(3)47-71(92-57-63-37-41-65(88-10)42-38-63)68(96-80)43-46-91-55-62-35-39-64(87-9)40-36-62/h14-22,25-28,33,35-42,58-59,66-82H,12-13,23-24,29-32,34,43-57H2,1-11H3/b21-20-,33-22-/t58-,59+,66-,67+,68-,69-,70+,71+,72+,73-,74+,75+,76-,77-,78-,79-,80+,81-,82+,84-,85+/m1/s1. The topological polar surface area (TPSA) is 148 Å². The highest BCUT2D eigenvalue weighted by atomic mass is 32.2. The number of thioether (sulfide) groups is 2. The van der Waals surface area contributed by atoms with Gasteiger partial charge in [0.1, 0.15) is 23.7 Å². The molecule has 574 valence electrons. The van der Waals surface area contributed by atoms with Crippen molar-refractivity contribution in [3.8, 4) is 11.5 Å². The van der Waals surface area contributed by atoms with Gasteiger partial charge >= 0.3 is 0 Å². The number of rotatable bonds is 29. The molecule has 0 aromatic heterocycles. The van der Waals surface area contributed by atoms with Gasteiger partial charge in [0.2, 0.25) is 0 Å². The van der Waals surface area contributed by atoms with E-state index in [1.165, 1.54) is 5.56 Å². The molecule has 7 saturated heterocycles. The van der Waals surface area contributed by atoms with Crippen molar-refractivity contribution < 1.29 is 75.8 Å². The third-order valence-corrected chi connectivity index (χ3v) is 26.2. The average molecular weight is 1480 g/mol. The monoisotopic (exact) mass is 1470 g/mol. The van der Waals surface area contributed by atoms with Crippen molar-refractivity contribution in [3.63, 3.8) is 0 Å². The van der Waals surface area contributed by atoms with Crippen molar-refractivity contribution in [2.24, 2.45) is 11.8 Å². The van der Waals surface area contributed by atoms with Gasteiger partial charge in [-0.2, -0.15) is 0 Å². The van der Waals surface area contributed by atoms with Crippen LogP contribution in [-0.2, 0) is 92.7 Å². The Morgan fingerprint density at radius 2 is 1.17 bits per heavy atom. The Labute approximate surface area is 630 Å². The first-order valence-corrected chi connectivity index (χ1v) is 41.3. The van der Waals surface area contributed by atoms with Crippen LogP contribution in [0.25, 0.3) is 0 Å². The summed E-state index contributed by atoms with van der Waals surface area (Å²) in [7, 11) is 5.10. The molecule has 4 aromatic rings. The van der Waals surface area contributed by atoms with E-state index in [1.807, 2.05) is 67.7 Å². The molecular weight excluding hydrogens is 1350 g/mol. The van der Waals surface area contributed by atoms with Crippen molar-refractivity contribution in [3.05, 3.63) is 156 Å². The molecule has 0 N–H and O–H groups in total. The maximum atomic E-state index is 7.88. The molecule has 8 aliphatic heterocycles. The van der Waals surface area contributed by atoms with Crippen molar-refractivity contribution in [2.75, 3.05) is 46.0 Å². The fourth-order valence-electron chi connectivity index (χ4n) is 17.6. The van der Waals surface area contributed by atoms with Crippen molar-refractivity contribution in [2.45, 2.75) is 309 Å². The van der Waals surface area contributed by atoms with Crippen LogP contribution in [0.5, 0.6) is 11.5 Å². The Morgan fingerprint density at radius 3 is 1.86 bits per heavy atom. The van der Waals surface area contributed by atoms with Crippen LogP contribution in [0.2, 0.25) is 0 Å². The van der Waals surface area contributed by atoms with Crippen LogP contribution in [0.3, 0.4) is 0 Å². The third kappa shape index (κ3) is 20.8. The summed E-state index contributed by atoms with van der Waals surface area (Å²) in [6, 6.07) is 37.1. The molecule has 0 radical (unpaired) electrons. The molecular formula is C86H122O16S2. The van der Waals surface area contributed by atoms with E-state index >= 15 is 0 Å². The van der Waals surface area contributed by atoms with Crippen LogP contribution >= 0.6 is 23.5 Å². The lowest BCUT2D eigenvalue weighted by atomic mass is 9.77. The van der Waals surface area contributed by atoms with E-state index in [-0.39, 0.29) is 120 Å². The molecule has 8 aliphatic rings. The SMILES string of the molecule is CCSC1(SCC)CCC[C@H]2O[C@H]3C[C@H]4O[C@H](CCCOCc5ccccc5)C[C@H](OCc5ccccc5)[C@@H]4O[C@@H]3C[C@]2(C)O[C@@H]1/C=C\C[C@@H]1O[C@H]2[C@H](C/C=C\C[C@H]1OC(C)(C)OC)O[C@@H]1C[C@@H]3O[C@H](CCOCc4ccc(OC)cc4)[C@@H](OCc4ccc(OC)cc4)C[C@@H](C)C[C@@]3(C)O[C@H]1C[C@@H]2C. The van der Waals surface area contributed by atoms with Crippen LogP contribution in [0, 0.1) is 11.8 Å². The van der Waals surface area contributed by atoms with Gasteiger partial charge in [-0.05, 0) is 175 Å². The number of hydrogen-bond acceptors (Lipinski definition) is 18. The van der Waals surface area contributed by atoms with Gasteiger partial charge in [0, 0.05) is 46.0 Å². The summed E-state index contributed by atoms with van der Waals surface area (Å²) in [5, 5.41) is 0. The maximum absolute atomic E-state index is 7.88. The Kier molecular flexibility index (Phi) is 28.9. The minimum atomic E-state index is -0.874. The van der Waals surface area contributed by atoms with Gasteiger partial charge in [-0.3, -0.25) is 0 Å². The number of fused-ring (bicyclic) bond motifs is 6. The van der Waals surface area contributed by atoms with Gasteiger partial charge in [0.05, 0.1) is 147 Å². The summed E-state index contributed by atoms with van der Waals surface area (Å²) >= 11 is 4.05. The molecule has 18 heteroatoms. The molecule has 0 amide bonds. The molecule has 7 fully saturated rings. The fraction of sp³-hybridized carbons (Fsp3) is 0.674. The van der Waals surface area contributed by atoms with Gasteiger partial charge in [-0.15, -0.1) is 23.5 Å². The number of hydrogen-bond donors (Lipinski definition) is 0. The van der Waals surface area contributed by atoms with E-state index in [4.69, 9.17) is 75.8 Å². The Morgan fingerprint density at radius 1 is 0.538 bits per heavy atom. The summed E-state index contributed by atoms with van der Waals surface area (Å²) in [5.74, 6) is 3.04. The lowest BCUT2D eigenvalue weighted by molar-refractivity contribution is -0.315. The lowest BCUT2D eigenvalue weighted by Gasteiger charge is -2.56. The molecule has 21 atom stereocenters. The maximum Gasteiger partial charge on any atom is 0.162 e. The van der Waals surface area contributed by atoms with E-state index in [2.05, 4.69) is 145 Å². The Hall–Kier alpha value is -3.90. The predicted octanol–water partition coefficient (Wildman–Crippen LogP) is 17.1. The zero-order valence-corrected chi connectivity index (χ0v) is 65.6. The summed E-state index contributed by atoms with van der Waals surface area (Å²) in [6.07, 6.45) is 18.3. The average Bonchev–Trinajstić information content (AvgIpc) is 0.855. The van der Waals surface area contributed by atoms with E-state index in [9.17, 15) is 0 Å².